The molecule has 0 radical (unpaired) electrons. The summed E-state index contributed by atoms with van der Waals surface area (Å²) in [5.41, 5.74) is -3.30. The molecule has 1 N–H and O–H groups in total. The van der Waals surface area contributed by atoms with Crippen molar-refractivity contribution in [2.75, 3.05) is 18.0 Å². The molecule has 1 aliphatic heterocycles. The smallest absolute Gasteiger partial charge is 0.416 e. The maximum Gasteiger partial charge on any atom is 0.416 e. The molecule has 0 aliphatic carbocycles. The fourth-order valence-corrected chi connectivity index (χ4v) is 4.48. The van der Waals surface area contributed by atoms with Gasteiger partial charge < -0.3 is 14.6 Å². The van der Waals surface area contributed by atoms with Crippen molar-refractivity contribution in [1.29, 1.82) is 0 Å². The predicted molar refractivity (Wildman–Crippen MR) is 133 cm³/mol. The van der Waals surface area contributed by atoms with E-state index < -0.39 is 53.7 Å². The summed E-state index contributed by atoms with van der Waals surface area (Å²) in [6.07, 6.45) is -7.19. The zero-order valence-electron chi connectivity index (χ0n) is 21.5. The van der Waals surface area contributed by atoms with Gasteiger partial charge in [-0.05, 0) is 54.9 Å². The van der Waals surface area contributed by atoms with Crippen LogP contribution in [0.4, 0.5) is 36.4 Å². The van der Waals surface area contributed by atoms with Crippen LogP contribution < -0.4 is 10.2 Å². The Morgan fingerprint density at radius 1 is 0.976 bits per heavy atom. The van der Waals surface area contributed by atoms with Crippen LogP contribution in [-0.4, -0.2) is 39.2 Å². The minimum absolute atomic E-state index is 0.0229. The van der Waals surface area contributed by atoms with E-state index in [0.29, 0.717) is 23.5 Å². The van der Waals surface area contributed by atoms with Crippen LogP contribution >= 0.6 is 0 Å². The highest BCUT2D eigenvalue weighted by Gasteiger charge is 2.38. The lowest BCUT2D eigenvalue weighted by molar-refractivity contribution is -0.143. The van der Waals surface area contributed by atoms with Crippen LogP contribution in [0.15, 0.2) is 59.3 Å². The molecule has 2 aromatic heterocycles. The number of rotatable bonds is 7. The molecule has 1 aliphatic rings. The summed E-state index contributed by atoms with van der Waals surface area (Å²) in [7, 11) is 0. The molecule has 1 saturated heterocycles. The summed E-state index contributed by atoms with van der Waals surface area (Å²) in [6.45, 7) is 1.20. The Morgan fingerprint density at radius 3 is 2.31 bits per heavy atom. The Hall–Kier alpha value is -4.40. The molecular formula is C27H21F7N6O2. The van der Waals surface area contributed by atoms with Crippen LogP contribution in [0.3, 0.4) is 0 Å². The Bertz CT molecular complexity index is 1550. The third kappa shape index (κ3) is 6.56. The molecule has 5 rings (SSSR count). The molecule has 1 atom stereocenters. The lowest BCUT2D eigenvalue weighted by Crippen LogP contribution is -2.32. The van der Waals surface area contributed by atoms with Crippen LogP contribution in [0.2, 0.25) is 0 Å². The first-order valence-corrected chi connectivity index (χ1v) is 12.6. The normalized spacial score (nSPS) is 15.6. The van der Waals surface area contributed by atoms with Gasteiger partial charge in [0.1, 0.15) is 18.2 Å². The largest absolute Gasteiger partial charge is 0.419 e. The zero-order valence-corrected chi connectivity index (χ0v) is 21.5. The molecule has 42 heavy (non-hydrogen) atoms. The number of anilines is 1. The molecule has 8 nitrogen and oxygen atoms in total. The lowest BCUT2D eigenvalue weighted by atomic mass is 10.00. The number of nitrogens with one attached hydrogen (secondary N) is 1. The zero-order chi connectivity index (χ0) is 30.1. The van der Waals surface area contributed by atoms with Gasteiger partial charge in [-0.3, -0.25) is 4.79 Å². The minimum Gasteiger partial charge on any atom is -0.419 e. The fraction of sp³-hybridized carbons (Fsp3) is 0.296. The van der Waals surface area contributed by atoms with E-state index in [-0.39, 0.29) is 29.5 Å². The van der Waals surface area contributed by atoms with Crippen LogP contribution in [0.25, 0.3) is 11.5 Å². The van der Waals surface area contributed by atoms with E-state index in [1.165, 1.54) is 24.5 Å². The van der Waals surface area contributed by atoms with E-state index in [0.717, 1.165) is 36.5 Å². The third-order valence-corrected chi connectivity index (χ3v) is 6.63. The second kappa shape index (κ2) is 11.5. The van der Waals surface area contributed by atoms with Gasteiger partial charge in [0, 0.05) is 30.5 Å². The van der Waals surface area contributed by atoms with Crippen LogP contribution in [0.1, 0.15) is 40.7 Å². The quantitative estimate of drug-likeness (QED) is 0.280. The fourth-order valence-electron chi connectivity index (χ4n) is 4.48. The number of hydrogen-bond acceptors (Lipinski definition) is 7. The van der Waals surface area contributed by atoms with Crippen molar-refractivity contribution >= 4 is 11.6 Å². The lowest BCUT2D eigenvalue weighted by Gasteiger charge is -2.23. The summed E-state index contributed by atoms with van der Waals surface area (Å²) in [6, 6.07) is 5.55. The van der Waals surface area contributed by atoms with Crippen molar-refractivity contribution in [3.8, 4) is 11.5 Å². The van der Waals surface area contributed by atoms with Crippen molar-refractivity contribution in [2.45, 2.75) is 37.7 Å². The van der Waals surface area contributed by atoms with Gasteiger partial charge >= 0.3 is 12.4 Å². The van der Waals surface area contributed by atoms with Gasteiger partial charge in [-0.1, -0.05) is 6.07 Å². The molecule has 2 aromatic carbocycles. The molecular weight excluding hydrogens is 573 g/mol. The van der Waals surface area contributed by atoms with Gasteiger partial charge in [-0.25, -0.2) is 14.4 Å². The highest BCUT2D eigenvalue weighted by Crippen LogP contribution is 2.38. The second-order valence-corrected chi connectivity index (χ2v) is 9.52. The number of benzene rings is 2. The molecule has 0 spiro atoms. The number of nitrogens with zero attached hydrogens (tertiary/aromatic N) is 5. The number of halogens is 7. The van der Waals surface area contributed by atoms with E-state index >= 15 is 0 Å². The molecule has 4 aromatic rings. The number of carbonyl (C=O) groups excluding carboxylic acids is 1. The molecule has 1 amide bonds. The second-order valence-electron chi connectivity index (χ2n) is 9.52. The molecule has 15 heteroatoms. The molecule has 0 saturated carbocycles. The molecule has 1 fully saturated rings. The maximum absolute atomic E-state index is 13.7. The molecule has 0 bridgehead atoms. The van der Waals surface area contributed by atoms with Gasteiger partial charge in [0.25, 0.3) is 5.89 Å². The average molecular weight is 594 g/mol. The van der Waals surface area contributed by atoms with E-state index in [4.69, 9.17) is 4.42 Å². The Kier molecular flexibility index (Phi) is 7.95. The topological polar surface area (TPSA) is 97.0 Å². The number of hydrogen-bond donors (Lipinski definition) is 1. The van der Waals surface area contributed by atoms with Crippen molar-refractivity contribution in [3.63, 3.8) is 0 Å². The Morgan fingerprint density at radius 2 is 1.69 bits per heavy atom. The standard InChI is InChI=1S/C27H21F7N6O2/c28-19-3-5-20(6-4-19)40(23(41)9-15-1-2-18(26(29,30)31)10-21(15)27(32,33)34)14-22-38-39-25(42-22)17-12-36-24(37-13-17)16-7-8-35-11-16/h1-6,10,12-13,16,35H,7-9,11,14H2. The average Bonchev–Trinajstić information content (AvgIpc) is 3.64. The van der Waals surface area contributed by atoms with Gasteiger partial charge in [0.05, 0.1) is 23.1 Å². The SMILES string of the molecule is O=C(Cc1ccc(C(F)(F)F)cc1C(F)(F)F)N(Cc1nnc(-c2cnc(C3CCNC3)nc2)o1)c1ccc(F)cc1. The monoisotopic (exact) mass is 594 g/mol. The number of carbonyl (C=O) groups is 1. The Labute approximate surface area is 233 Å². The van der Waals surface area contributed by atoms with Gasteiger partial charge in [0.15, 0.2) is 0 Å². The molecule has 1 unspecified atom stereocenters. The highest BCUT2D eigenvalue weighted by atomic mass is 19.4. The first-order valence-electron chi connectivity index (χ1n) is 12.6. The third-order valence-electron chi connectivity index (χ3n) is 6.63. The summed E-state index contributed by atoms with van der Waals surface area (Å²) in [4.78, 5) is 23.0. The van der Waals surface area contributed by atoms with Crippen molar-refractivity contribution in [3.05, 3.63) is 89.1 Å². The molecule has 3 heterocycles. The summed E-state index contributed by atoms with van der Waals surface area (Å²) < 4.78 is 99.5. The summed E-state index contributed by atoms with van der Waals surface area (Å²) in [5.74, 6) is -0.840. The van der Waals surface area contributed by atoms with Crippen LogP contribution in [0.5, 0.6) is 0 Å². The Balaban J connectivity index is 1.40. The first-order chi connectivity index (χ1) is 19.9. The van der Waals surface area contributed by atoms with Gasteiger partial charge in [0.2, 0.25) is 11.8 Å². The molecule has 220 valence electrons. The summed E-state index contributed by atoms with van der Waals surface area (Å²) >= 11 is 0. The number of amides is 1. The van der Waals surface area contributed by atoms with Crippen molar-refractivity contribution in [2.24, 2.45) is 0 Å². The van der Waals surface area contributed by atoms with Crippen molar-refractivity contribution in [1.82, 2.24) is 25.5 Å². The minimum atomic E-state index is -5.16. The number of alkyl halides is 6. The first kappa shape index (κ1) is 29.1. The van der Waals surface area contributed by atoms with Gasteiger partial charge in [-0.2, -0.15) is 26.3 Å². The van der Waals surface area contributed by atoms with Crippen LogP contribution in [0, 0.1) is 5.82 Å². The van der Waals surface area contributed by atoms with E-state index in [2.05, 4.69) is 25.5 Å². The van der Waals surface area contributed by atoms with E-state index in [9.17, 15) is 35.5 Å². The maximum atomic E-state index is 13.7. The predicted octanol–water partition coefficient (Wildman–Crippen LogP) is 5.56. The van der Waals surface area contributed by atoms with Gasteiger partial charge in [-0.15, -0.1) is 10.2 Å². The van der Waals surface area contributed by atoms with Crippen LogP contribution in [-0.2, 0) is 30.1 Å². The van der Waals surface area contributed by atoms with E-state index in [1.54, 1.807) is 0 Å². The van der Waals surface area contributed by atoms with E-state index in [1.807, 2.05) is 0 Å². The highest BCUT2D eigenvalue weighted by molar-refractivity contribution is 5.94. The number of aromatic nitrogens is 4. The summed E-state index contributed by atoms with van der Waals surface area (Å²) in [5, 5.41) is 11.1. The van der Waals surface area contributed by atoms with Crippen molar-refractivity contribution < 1.29 is 39.9 Å².